The Labute approximate surface area is 152 Å². The lowest BCUT2D eigenvalue weighted by Crippen LogP contribution is -2.24. The minimum atomic E-state index is -0.238. The number of ether oxygens (including phenoxy) is 2. The summed E-state index contributed by atoms with van der Waals surface area (Å²) < 4.78 is 25.9. The third-order valence-corrected chi connectivity index (χ3v) is 4.98. The van der Waals surface area contributed by atoms with E-state index in [2.05, 4.69) is 19.9 Å². The van der Waals surface area contributed by atoms with E-state index in [1.165, 1.54) is 19.3 Å². The highest BCUT2D eigenvalue weighted by molar-refractivity contribution is 5.56. The van der Waals surface area contributed by atoms with Gasteiger partial charge in [0.05, 0.1) is 19.3 Å². The first-order chi connectivity index (χ1) is 12.2. The second kappa shape index (κ2) is 10.6. The molecule has 0 bridgehead atoms. The van der Waals surface area contributed by atoms with Gasteiger partial charge in [-0.1, -0.05) is 51.3 Å². The van der Waals surface area contributed by atoms with Crippen molar-refractivity contribution in [3.05, 3.63) is 35.2 Å². The summed E-state index contributed by atoms with van der Waals surface area (Å²) in [6.07, 6.45) is 12.6. The van der Waals surface area contributed by atoms with Crippen molar-refractivity contribution in [3.8, 4) is 5.75 Å². The second-order valence-electron chi connectivity index (χ2n) is 7.09. The van der Waals surface area contributed by atoms with Gasteiger partial charge in [-0.3, -0.25) is 0 Å². The summed E-state index contributed by atoms with van der Waals surface area (Å²) in [6.45, 7) is 7.49. The van der Waals surface area contributed by atoms with Gasteiger partial charge in [0.25, 0.3) is 0 Å². The van der Waals surface area contributed by atoms with Crippen molar-refractivity contribution >= 4 is 6.08 Å². The zero-order chi connectivity index (χ0) is 18.1. The monoisotopic (exact) mass is 348 g/mol. The largest absolute Gasteiger partial charge is 0.491 e. The molecule has 2 atom stereocenters. The van der Waals surface area contributed by atoms with Gasteiger partial charge >= 0.3 is 0 Å². The standard InChI is InChI=1S/C22H33FO2/c1-4-6-8-20-13-10-18(16-25-20)9-11-19-12-14-21(22(23)17(19)3)24-15-7-5-2/h9,11-12,14,18,20H,4-8,10,13,15-16H2,1-3H3/b11-9+. The topological polar surface area (TPSA) is 18.5 Å². The molecular weight excluding hydrogens is 315 g/mol. The molecule has 1 fully saturated rings. The highest BCUT2D eigenvalue weighted by atomic mass is 19.1. The maximum absolute atomic E-state index is 14.4. The molecule has 1 aromatic rings. The molecule has 1 saturated heterocycles. The van der Waals surface area contributed by atoms with Gasteiger partial charge in [-0.05, 0) is 49.8 Å². The molecule has 25 heavy (non-hydrogen) atoms. The average Bonchev–Trinajstić information content (AvgIpc) is 2.64. The normalized spacial score (nSPS) is 21.0. The minimum absolute atomic E-state index is 0.238. The Morgan fingerprint density at radius 3 is 2.68 bits per heavy atom. The first-order valence-corrected chi connectivity index (χ1v) is 9.87. The summed E-state index contributed by atoms with van der Waals surface area (Å²) in [7, 11) is 0. The van der Waals surface area contributed by atoms with Crippen LogP contribution in [-0.4, -0.2) is 19.3 Å². The minimum Gasteiger partial charge on any atom is -0.491 e. The zero-order valence-corrected chi connectivity index (χ0v) is 16.0. The summed E-state index contributed by atoms with van der Waals surface area (Å²) >= 11 is 0. The van der Waals surface area contributed by atoms with E-state index < -0.39 is 0 Å². The van der Waals surface area contributed by atoms with Gasteiger partial charge in [-0.25, -0.2) is 4.39 Å². The Balaban J connectivity index is 1.90. The molecule has 1 aromatic carbocycles. The summed E-state index contributed by atoms with van der Waals surface area (Å²) in [4.78, 5) is 0. The predicted molar refractivity (Wildman–Crippen MR) is 103 cm³/mol. The van der Waals surface area contributed by atoms with Crippen molar-refractivity contribution in [1.82, 2.24) is 0 Å². The van der Waals surface area contributed by atoms with Crippen molar-refractivity contribution in [3.63, 3.8) is 0 Å². The Hall–Kier alpha value is -1.35. The fourth-order valence-corrected chi connectivity index (χ4v) is 3.17. The van der Waals surface area contributed by atoms with Gasteiger partial charge in [0.2, 0.25) is 0 Å². The van der Waals surface area contributed by atoms with Crippen LogP contribution in [-0.2, 0) is 4.74 Å². The first-order valence-electron chi connectivity index (χ1n) is 9.87. The van der Waals surface area contributed by atoms with Crippen LogP contribution in [0.25, 0.3) is 6.08 Å². The molecular formula is C22H33FO2. The van der Waals surface area contributed by atoms with Crippen LogP contribution in [0.4, 0.5) is 4.39 Å². The van der Waals surface area contributed by atoms with Gasteiger partial charge in [0.1, 0.15) is 0 Å². The van der Waals surface area contributed by atoms with Crippen LogP contribution in [0.2, 0.25) is 0 Å². The lowest BCUT2D eigenvalue weighted by Gasteiger charge is -2.27. The highest BCUT2D eigenvalue weighted by Crippen LogP contribution is 2.27. The quantitative estimate of drug-likeness (QED) is 0.487. The fourth-order valence-electron chi connectivity index (χ4n) is 3.17. The van der Waals surface area contributed by atoms with E-state index in [1.54, 1.807) is 6.07 Å². The van der Waals surface area contributed by atoms with Crippen LogP contribution < -0.4 is 4.74 Å². The third kappa shape index (κ3) is 6.14. The van der Waals surface area contributed by atoms with Gasteiger partial charge in [-0.2, -0.15) is 0 Å². The lowest BCUT2D eigenvalue weighted by atomic mass is 9.94. The van der Waals surface area contributed by atoms with E-state index in [0.717, 1.165) is 37.9 Å². The molecule has 2 rings (SSSR count). The fraction of sp³-hybridized carbons (Fsp3) is 0.636. The SMILES string of the molecule is CCCCOc1ccc(/C=C/C2CCC(CCCC)OC2)c(C)c1F. The summed E-state index contributed by atoms with van der Waals surface area (Å²) in [5, 5.41) is 0. The van der Waals surface area contributed by atoms with E-state index >= 15 is 0 Å². The number of benzene rings is 1. The van der Waals surface area contributed by atoms with Gasteiger partial charge in [0, 0.05) is 5.92 Å². The van der Waals surface area contributed by atoms with Crippen molar-refractivity contribution in [2.24, 2.45) is 5.92 Å². The van der Waals surface area contributed by atoms with Crippen LogP contribution in [0.3, 0.4) is 0 Å². The van der Waals surface area contributed by atoms with Crippen LogP contribution in [0.15, 0.2) is 18.2 Å². The van der Waals surface area contributed by atoms with Gasteiger partial charge < -0.3 is 9.47 Å². The maximum Gasteiger partial charge on any atom is 0.168 e. The molecule has 0 aliphatic carbocycles. The number of hydrogen-bond donors (Lipinski definition) is 0. The molecule has 3 heteroatoms. The number of unbranched alkanes of at least 4 members (excludes halogenated alkanes) is 2. The molecule has 0 saturated carbocycles. The first kappa shape index (κ1) is 20.0. The van der Waals surface area contributed by atoms with Crippen molar-refractivity contribution in [1.29, 1.82) is 0 Å². The second-order valence-corrected chi connectivity index (χ2v) is 7.09. The number of hydrogen-bond acceptors (Lipinski definition) is 2. The van der Waals surface area contributed by atoms with E-state index in [-0.39, 0.29) is 5.82 Å². The van der Waals surface area contributed by atoms with Crippen LogP contribution in [0.1, 0.15) is 69.9 Å². The predicted octanol–water partition coefficient (Wildman–Crippen LogP) is 6.31. The van der Waals surface area contributed by atoms with Crippen LogP contribution >= 0.6 is 0 Å². The van der Waals surface area contributed by atoms with E-state index in [1.807, 2.05) is 19.1 Å². The molecule has 0 radical (unpaired) electrons. The molecule has 1 heterocycles. The molecule has 0 N–H and O–H groups in total. The van der Waals surface area contributed by atoms with E-state index in [0.29, 0.717) is 29.9 Å². The Morgan fingerprint density at radius 1 is 1.20 bits per heavy atom. The summed E-state index contributed by atoms with van der Waals surface area (Å²) in [5.41, 5.74) is 1.58. The van der Waals surface area contributed by atoms with Crippen LogP contribution in [0.5, 0.6) is 5.75 Å². The Bertz CT molecular complexity index is 545. The zero-order valence-electron chi connectivity index (χ0n) is 16.0. The molecule has 1 aliphatic heterocycles. The lowest BCUT2D eigenvalue weighted by molar-refractivity contribution is -0.00897. The Kier molecular flexibility index (Phi) is 8.47. The Morgan fingerprint density at radius 2 is 2.00 bits per heavy atom. The van der Waals surface area contributed by atoms with Crippen molar-refractivity contribution in [2.75, 3.05) is 13.2 Å². The van der Waals surface area contributed by atoms with Gasteiger partial charge in [-0.15, -0.1) is 0 Å². The summed E-state index contributed by atoms with van der Waals surface area (Å²) in [6, 6.07) is 3.69. The molecule has 0 aromatic heterocycles. The molecule has 2 unspecified atom stereocenters. The smallest absolute Gasteiger partial charge is 0.168 e. The molecule has 1 aliphatic rings. The van der Waals surface area contributed by atoms with Crippen molar-refractivity contribution in [2.45, 2.75) is 71.8 Å². The van der Waals surface area contributed by atoms with Crippen LogP contribution in [0, 0.1) is 18.7 Å². The van der Waals surface area contributed by atoms with E-state index in [9.17, 15) is 4.39 Å². The average molecular weight is 349 g/mol. The highest BCUT2D eigenvalue weighted by Gasteiger charge is 2.19. The molecule has 140 valence electrons. The van der Waals surface area contributed by atoms with Crippen molar-refractivity contribution < 1.29 is 13.9 Å². The number of halogens is 1. The maximum atomic E-state index is 14.4. The molecule has 0 spiro atoms. The molecule has 2 nitrogen and oxygen atoms in total. The number of rotatable bonds is 9. The molecule has 0 amide bonds. The third-order valence-electron chi connectivity index (χ3n) is 4.98. The summed E-state index contributed by atoms with van der Waals surface area (Å²) in [5.74, 6) is 0.557. The van der Waals surface area contributed by atoms with E-state index in [4.69, 9.17) is 9.47 Å². The van der Waals surface area contributed by atoms with Gasteiger partial charge in [0.15, 0.2) is 11.6 Å².